The Labute approximate surface area is 122 Å². The molecule has 1 aromatic heterocycles. The molecule has 0 saturated heterocycles. The number of carbonyl (C=O) groups excluding carboxylic acids is 1. The van der Waals surface area contributed by atoms with Crippen LogP contribution in [-0.4, -0.2) is 39.6 Å². The summed E-state index contributed by atoms with van der Waals surface area (Å²) in [6.45, 7) is 9.04. The number of hydrogen-bond donors (Lipinski definition) is 2. The molecule has 0 aliphatic heterocycles. The monoisotopic (exact) mass is 299 g/mol. The number of nitrogens with one attached hydrogen (secondary N) is 1. The van der Waals surface area contributed by atoms with E-state index >= 15 is 0 Å². The van der Waals surface area contributed by atoms with E-state index in [1.165, 1.54) is 32.2 Å². The van der Waals surface area contributed by atoms with Gasteiger partial charge in [-0.05, 0) is 13.8 Å². The van der Waals surface area contributed by atoms with Gasteiger partial charge < -0.3 is 10.0 Å². The van der Waals surface area contributed by atoms with Crippen molar-refractivity contribution in [2.45, 2.75) is 45.6 Å². The Morgan fingerprint density at radius 2 is 1.85 bits per heavy atom. The molecule has 112 valence electrons. The number of likely N-dealkylation sites (N-methyl/N-ethyl adjacent to an activating group) is 1. The molecule has 0 atom stereocenters. The minimum Gasteiger partial charge on any atom is -0.480 e. The second kappa shape index (κ2) is 5.40. The number of aliphatic carboxylic acids is 1. The van der Waals surface area contributed by atoms with Crippen molar-refractivity contribution in [2.24, 2.45) is 0 Å². The number of rotatable bonds is 3. The lowest BCUT2D eigenvalue weighted by Gasteiger charge is -2.31. The van der Waals surface area contributed by atoms with Crippen molar-refractivity contribution >= 4 is 28.5 Å². The van der Waals surface area contributed by atoms with Crippen LogP contribution in [0.25, 0.3) is 0 Å². The Hall–Kier alpha value is -1.63. The molecule has 0 aromatic carbocycles. The topological polar surface area (TPSA) is 82.5 Å². The molecule has 0 saturated carbocycles. The second-order valence-electron chi connectivity index (χ2n) is 6.14. The summed E-state index contributed by atoms with van der Waals surface area (Å²) in [5, 5.41) is 14.1. The largest absolute Gasteiger partial charge is 0.480 e. The first-order valence-corrected chi connectivity index (χ1v) is 7.08. The first kappa shape index (κ1) is 16.4. The van der Waals surface area contributed by atoms with E-state index in [2.05, 4.69) is 10.3 Å². The van der Waals surface area contributed by atoms with E-state index in [0.717, 1.165) is 10.6 Å². The van der Waals surface area contributed by atoms with Gasteiger partial charge in [-0.2, -0.15) is 0 Å². The van der Waals surface area contributed by atoms with Crippen LogP contribution < -0.4 is 5.32 Å². The summed E-state index contributed by atoms with van der Waals surface area (Å²) in [6, 6.07) is -0.493. The number of hydrogen-bond acceptors (Lipinski definition) is 4. The van der Waals surface area contributed by atoms with Crippen LogP contribution in [0, 0.1) is 0 Å². The van der Waals surface area contributed by atoms with Crippen LogP contribution in [0.15, 0.2) is 5.38 Å². The SMILES string of the molecule is CN(C(=O)Nc1nc(C(C)(C)C)cs1)C(C)(C)C(=O)O. The standard InChI is InChI=1S/C13H21N3O3S/c1-12(2,3)8-7-20-10(14-8)15-11(19)16(6)13(4,5)9(17)18/h7H,1-6H3,(H,17,18)(H,14,15,19). The molecule has 1 rings (SSSR count). The molecule has 20 heavy (non-hydrogen) atoms. The van der Waals surface area contributed by atoms with Crippen LogP contribution in [0.2, 0.25) is 0 Å². The number of urea groups is 1. The van der Waals surface area contributed by atoms with Crippen LogP contribution in [0.3, 0.4) is 0 Å². The average molecular weight is 299 g/mol. The molecule has 7 heteroatoms. The van der Waals surface area contributed by atoms with Gasteiger partial charge in [-0.3, -0.25) is 5.32 Å². The molecule has 2 amide bonds. The summed E-state index contributed by atoms with van der Waals surface area (Å²) in [5.41, 5.74) is -0.488. The fourth-order valence-electron chi connectivity index (χ4n) is 1.25. The van der Waals surface area contributed by atoms with Crippen molar-refractivity contribution in [3.63, 3.8) is 0 Å². The molecule has 2 N–H and O–H groups in total. The first-order valence-electron chi connectivity index (χ1n) is 6.20. The summed E-state index contributed by atoms with van der Waals surface area (Å²) < 4.78 is 0. The van der Waals surface area contributed by atoms with E-state index in [1.54, 1.807) is 0 Å². The van der Waals surface area contributed by atoms with Crippen molar-refractivity contribution in [2.75, 3.05) is 12.4 Å². The van der Waals surface area contributed by atoms with Gasteiger partial charge in [0.25, 0.3) is 0 Å². The third-order valence-electron chi connectivity index (χ3n) is 3.15. The molecule has 0 aliphatic carbocycles. The number of amides is 2. The van der Waals surface area contributed by atoms with Crippen LogP contribution in [-0.2, 0) is 10.2 Å². The molecule has 0 spiro atoms. The van der Waals surface area contributed by atoms with Crippen molar-refractivity contribution in [3.8, 4) is 0 Å². The summed E-state index contributed by atoms with van der Waals surface area (Å²) >= 11 is 1.32. The molecule has 6 nitrogen and oxygen atoms in total. The number of thiazole rings is 1. The third kappa shape index (κ3) is 3.47. The number of carboxylic acids is 1. The molecule has 1 aromatic rings. The van der Waals surface area contributed by atoms with Gasteiger partial charge >= 0.3 is 12.0 Å². The highest BCUT2D eigenvalue weighted by Crippen LogP contribution is 2.26. The van der Waals surface area contributed by atoms with Crippen LogP contribution in [0.1, 0.15) is 40.3 Å². The molecule has 1 heterocycles. The minimum atomic E-state index is -1.28. The van der Waals surface area contributed by atoms with E-state index < -0.39 is 17.5 Å². The number of carbonyl (C=O) groups is 2. The molecule has 0 fully saturated rings. The highest BCUT2D eigenvalue weighted by molar-refractivity contribution is 7.13. The van der Waals surface area contributed by atoms with Crippen LogP contribution in [0.4, 0.5) is 9.93 Å². The zero-order valence-corrected chi connectivity index (χ0v) is 13.5. The highest BCUT2D eigenvalue weighted by Gasteiger charge is 2.35. The van der Waals surface area contributed by atoms with Crippen molar-refractivity contribution < 1.29 is 14.7 Å². The summed E-state index contributed by atoms with van der Waals surface area (Å²) in [4.78, 5) is 28.7. The van der Waals surface area contributed by atoms with Gasteiger partial charge in [0.15, 0.2) is 5.13 Å². The summed E-state index contributed by atoms with van der Waals surface area (Å²) in [5.74, 6) is -1.07. The fourth-order valence-corrected chi connectivity index (χ4v) is 2.18. The average Bonchev–Trinajstić information content (AvgIpc) is 2.75. The predicted octanol–water partition coefficient (Wildman–Crippen LogP) is 2.77. The van der Waals surface area contributed by atoms with Gasteiger partial charge in [0.2, 0.25) is 0 Å². The van der Waals surface area contributed by atoms with Crippen molar-refractivity contribution in [1.82, 2.24) is 9.88 Å². The van der Waals surface area contributed by atoms with E-state index in [1.807, 2.05) is 26.2 Å². The van der Waals surface area contributed by atoms with Gasteiger partial charge in [-0.15, -0.1) is 11.3 Å². The number of carboxylic acid groups (broad SMARTS) is 1. The smallest absolute Gasteiger partial charge is 0.329 e. The fraction of sp³-hybridized carbons (Fsp3) is 0.615. The lowest BCUT2D eigenvalue weighted by atomic mass is 9.93. The molecule has 0 unspecified atom stereocenters. The zero-order valence-electron chi connectivity index (χ0n) is 12.6. The van der Waals surface area contributed by atoms with Crippen molar-refractivity contribution in [1.29, 1.82) is 0 Å². The maximum atomic E-state index is 12.0. The van der Waals surface area contributed by atoms with Crippen LogP contribution >= 0.6 is 11.3 Å². The van der Waals surface area contributed by atoms with Crippen LogP contribution in [0.5, 0.6) is 0 Å². The Balaban J connectivity index is 2.82. The second-order valence-corrected chi connectivity index (χ2v) is 7.00. The number of aromatic nitrogens is 1. The third-order valence-corrected chi connectivity index (χ3v) is 3.91. The van der Waals surface area contributed by atoms with Gasteiger partial charge in [-0.25, -0.2) is 14.6 Å². The van der Waals surface area contributed by atoms with Gasteiger partial charge in [0.05, 0.1) is 5.69 Å². The summed E-state index contributed by atoms with van der Waals surface area (Å²) in [6.07, 6.45) is 0. The van der Waals surface area contributed by atoms with Gasteiger partial charge in [0, 0.05) is 17.8 Å². The maximum absolute atomic E-state index is 12.0. The Kier molecular flexibility index (Phi) is 4.43. The zero-order chi connectivity index (χ0) is 15.7. The molecule has 0 radical (unpaired) electrons. The molecule has 0 aliphatic rings. The Morgan fingerprint density at radius 3 is 2.25 bits per heavy atom. The lowest BCUT2D eigenvalue weighted by molar-refractivity contribution is -0.146. The highest BCUT2D eigenvalue weighted by atomic mass is 32.1. The minimum absolute atomic E-state index is 0.0916. The van der Waals surface area contributed by atoms with Gasteiger partial charge in [-0.1, -0.05) is 20.8 Å². The van der Waals surface area contributed by atoms with E-state index in [4.69, 9.17) is 5.11 Å². The maximum Gasteiger partial charge on any atom is 0.329 e. The molecular formula is C13H21N3O3S. The first-order chi connectivity index (χ1) is 8.96. The van der Waals surface area contributed by atoms with Crippen molar-refractivity contribution in [3.05, 3.63) is 11.1 Å². The number of anilines is 1. The molecule has 0 bridgehead atoms. The lowest BCUT2D eigenvalue weighted by Crippen LogP contribution is -2.52. The Morgan fingerprint density at radius 1 is 1.30 bits per heavy atom. The normalized spacial score (nSPS) is 12.1. The predicted molar refractivity (Wildman–Crippen MR) is 79.3 cm³/mol. The van der Waals surface area contributed by atoms with Gasteiger partial charge in [0.1, 0.15) is 5.54 Å². The summed E-state index contributed by atoms with van der Waals surface area (Å²) in [7, 11) is 1.45. The number of nitrogens with zero attached hydrogens (tertiary/aromatic N) is 2. The van der Waals surface area contributed by atoms with E-state index in [9.17, 15) is 9.59 Å². The van der Waals surface area contributed by atoms with E-state index in [0.29, 0.717) is 5.13 Å². The molecular weight excluding hydrogens is 278 g/mol. The van der Waals surface area contributed by atoms with E-state index in [-0.39, 0.29) is 5.41 Å². The quantitative estimate of drug-likeness (QED) is 0.899. The Bertz CT molecular complexity index is 517.